The van der Waals surface area contributed by atoms with E-state index in [2.05, 4.69) is 0 Å². The monoisotopic (exact) mass is 218 g/mol. The van der Waals surface area contributed by atoms with Gasteiger partial charge in [-0.3, -0.25) is 4.79 Å². The summed E-state index contributed by atoms with van der Waals surface area (Å²) in [6, 6.07) is 4.63. The third-order valence-electron chi connectivity index (χ3n) is 2.60. The maximum atomic E-state index is 11.7. The lowest BCUT2D eigenvalue weighted by molar-refractivity contribution is 0.464. The standard InChI is InChI=1S/C13H14O3/c1-3-4-9-11(14)6-5-10-12(15)7-8(2)16-13(9)10/h5-7,14H,3-4H2,1-2H3. The maximum absolute atomic E-state index is 11.7. The van der Waals surface area contributed by atoms with Crippen molar-refractivity contribution < 1.29 is 9.52 Å². The van der Waals surface area contributed by atoms with E-state index in [1.54, 1.807) is 19.1 Å². The fourth-order valence-electron chi connectivity index (χ4n) is 1.87. The molecule has 3 heteroatoms. The molecule has 0 bridgehead atoms. The van der Waals surface area contributed by atoms with E-state index < -0.39 is 0 Å². The van der Waals surface area contributed by atoms with Gasteiger partial charge in [-0.2, -0.15) is 0 Å². The Hall–Kier alpha value is -1.77. The van der Waals surface area contributed by atoms with Crippen molar-refractivity contribution in [1.29, 1.82) is 0 Å². The number of hydrogen-bond donors (Lipinski definition) is 1. The predicted octanol–water partition coefficient (Wildman–Crippen LogP) is 2.76. The molecule has 0 atom stereocenters. The Bertz CT molecular complexity index is 581. The van der Waals surface area contributed by atoms with Crippen LogP contribution in [0.4, 0.5) is 0 Å². The molecule has 2 aromatic rings. The molecule has 0 aliphatic carbocycles. The number of phenols is 1. The van der Waals surface area contributed by atoms with E-state index in [1.165, 1.54) is 6.07 Å². The van der Waals surface area contributed by atoms with Crippen molar-refractivity contribution in [2.45, 2.75) is 26.7 Å². The number of aromatic hydroxyl groups is 1. The van der Waals surface area contributed by atoms with Gasteiger partial charge in [0, 0.05) is 11.6 Å². The molecule has 1 aromatic carbocycles. The highest BCUT2D eigenvalue weighted by Gasteiger charge is 2.11. The molecule has 0 radical (unpaired) electrons. The molecule has 0 saturated carbocycles. The van der Waals surface area contributed by atoms with Gasteiger partial charge >= 0.3 is 0 Å². The number of aryl methyl sites for hydroxylation is 2. The lowest BCUT2D eigenvalue weighted by Gasteiger charge is -2.07. The second-order valence-electron chi connectivity index (χ2n) is 3.91. The zero-order valence-electron chi connectivity index (χ0n) is 9.41. The normalized spacial score (nSPS) is 10.9. The maximum Gasteiger partial charge on any atom is 0.192 e. The average molecular weight is 218 g/mol. The average Bonchev–Trinajstić information content (AvgIpc) is 2.22. The van der Waals surface area contributed by atoms with Crippen molar-refractivity contribution in [3.05, 3.63) is 39.7 Å². The zero-order valence-corrected chi connectivity index (χ0v) is 9.41. The molecule has 2 rings (SSSR count). The van der Waals surface area contributed by atoms with Crippen molar-refractivity contribution in [2.75, 3.05) is 0 Å². The number of rotatable bonds is 2. The van der Waals surface area contributed by atoms with Crippen LogP contribution in [0.25, 0.3) is 11.0 Å². The van der Waals surface area contributed by atoms with E-state index in [0.29, 0.717) is 23.2 Å². The Labute approximate surface area is 93.3 Å². The van der Waals surface area contributed by atoms with Gasteiger partial charge in [-0.15, -0.1) is 0 Å². The summed E-state index contributed by atoms with van der Waals surface area (Å²) < 4.78 is 5.55. The van der Waals surface area contributed by atoms with Gasteiger partial charge < -0.3 is 9.52 Å². The van der Waals surface area contributed by atoms with E-state index >= 15 is 0 Å². The van der Waals surface area contributed by atoms with Crippen LogP contribution in [-0.2, 0) is 6.42 Å². The summed E-state index contributed by atoms with van der Waals surface area (Å²) in [7, 11) is 0. The van der Waals surface area contributed by atoms with Gasteiger partial charge in [0.1, 0.15) is 17.1 Å². The summed E-state index contributed by atoms with van der Waals surface area (Å²) in [5.41, 5.74) is 1.18. The minimum absolute atomic E-state index is 0.0592. The van der Waals surface area contributed by atoms with E-state index in [0.717, 1.165) is 12.0 Å². The van der Waals surface area contributed by atoms with Gasteiger partial charge in [-0.25, -0.2) is 0 Å². The third-order valence-corrected chi connectivity index (χ3v) is 2.60. The summed E-state index contributed by atoms with van der Waals surface area (Å²) in [6.45, 7) is 3.76. The molecule has 16 heavy (non-hydrogen) atoms. The fourth-order valence-corrected chi connectivity index (χ4v) is 1.87. The second kappa shape index (κ2) is 4.00. The molecule has 0 aliphatic rings. The first-order chi connectivity index (χ1) is 7.63. The van der Waals surface area contributed by atoms with E-state index in [1.807, 2.05) is 6.92 Å². The van der Waals surface area contributed by atoms with E-state index in [9.17, 15) is 9.90 Å². The van der Waals surface area contributed by atoms with Crippen molar-refractivity contribution in [3.8, 4) is 5.75 Å². The lowest BCUT2D eigenvalue weighted by atomic mass is 10.1. The van der Waals surface area contributed by atoms with Crippen molar-refractivity contribution in [1.82, 2.24) is 0 Å². The Kier molecular flexibility index (Phi) is 2.69. The Morgan fingerprint density at radius 1 is 1.38 bits per heavy atom. The summed E-state index contributed by atoms with van der Waals surface area (Å²) in [6.07, 6.45) is 1.60. The highest BCUT2D eigenvalue weighted by atomic mass is 16.3. The van der Waals surface area contributed by atoms with E-state index in [-0.39, 0.29) is 11.2 Å². The van der Waals surface area contributed by atoms with Crippen LogP contribution in [0.2, 0.25) is 0 Å². The smallest absolute Gasteiger partial charge is 0.192 e. The Morgan fingerprint density at radius 3 is 2.81 bits per heavy atom. The molecule has 0 spiro atoms. The molecule has 1 N–H and O–H groups in total. The molecule has 1 heterocycles. The first kappa shape index (κ1) is 10.7. The van der Waals surface area contributed by atoms with Crippen LogP contribution in [0.5, 0.6) is 5.75 Å². The third kappa shape index (κ3) is 1.69. The quantitative estimate of drug-likeness (QED) is 0.843. The van der Waals surface area contributed by atoms with Crippen molar-refractivity contribution >= 4 is 11.0 Å². The van der Waals surface area contributed by atoms with Gasteiger partial charge in [0.2, 0.25) is 0 Å². The number of fused-ring (bicyclic) bond motifs is 1. The first-order valence-electron chi connectivity index (χ1n) is 5.38. The summed E-state index contributed by atoms with van der Waals surface area (Å²) in [5.74, 6) is 0.767. The molecule has 3 nitrogen and oxygen atoms in total. The Morgan fingerprint density at radius 2 is 2.12 bits per heavy atom. The van der Waals surface area contributed by atoms with Gasteiger partial charge in [-0.05, 0) is 25.5 Å². The SMILES string of the molecule is CCCc1c(O)ccc2c(=O)cc(C)oc12. The number of benzene rings is 1. The zero-order chi connectivity index (χ0) is 11.7. The van der Waals surface area contributed by atoms with Gasteiger partial charge in [0.25, 0.3) is 0 Å². The minimum atomic E-state index is -0.0592. The fraction of sp³-hybridized carbons (Fsp3) is 0.308. The topological polar surface area (TPSA) is 50.4 Å². The molecular weight excluding hydrogens is 204 g/mol. The molecule has 0 saturated heterocycles. The molecule has 84 valence electrons. The van der Waals surface area contributed by atoms with Crippen molar-refractivity contribution in [2.24, 2.45) is 0 Å². The molecule has 0 unspecified atom stereocenters. The lowest BCUT2D eigenvalue weighted by Crippen LogP contribution is -2.02. The van der Waals surface area contributed by atoms with E-state index in [4.69, 9.17) is 4.42 Å². The molecule has 0 aliphatic heterocycles. The summed E-state index contributed by atoms with van der Waals surface area (Å²) >= 11 is 0. The minimum Gasteiger partial charge on any atom is -0.508 e. The molecule has 1 aromatic heterocycles. The highest BCUT2D eigenvalue weighted by Crippen LogP contribution is 2.27. The highest BCUT2D eigenvalue weighted by molar-refractivity contribution is 5.82. The van der Waals surface area contributed by atoms with Gasteiger partial charge in [0.05, 0.1) is 5.39 Å². The Balaban J connectivity index is 2.85. The van der Waals surface area contributed by atoms with Gasteiger partial charge in [-0.1, -0.05) is 13.3 Å². The molecular formula is C13H14O3. The first-order valence-corrected chi connectivity index (χ1v) is 5.38. The van der Waals surface area contributed by atoms with Crippen LogP contribution in [0.1, 0.15) is 24.7 Å². The van der Waals surface area contributed by atoms with Gasteiger partial charge in [0.15, 0.2) is 5.43 Å². The molecule has 0 amide bonds. The van der Waals surface area contributed by atoms with Crippen LogP contribution < -0.4 is 5.43 Å². The number of hydrogen-bond acceptors (Lipinski definition) is 3. The van der Waals surface area contributed by atoms with Crippen LogP contribution in [0.15, 0.2) is 27.4 Å². The second-order valence-corrected chi connectivity index (χ2v) is 3.91. The summed E-state index contributed by atoms with van der Waals surface area (Å²) in [5, 5.41) is 10.3. The molecule has 0 fully saturated rings. The van der Waals surface area contributed by atoms with Crippen LogP contribution in [-0.4, -0.2) is 5.11 Å². The van der Waals surface area contributed by atoms with Crippen LogP contribution >= 0.6 is 0 Å². The van der Waals surface area contributed by atoms with Crippen molar-refractivity contribution in [3.63, 3.8) is 0 Å². The largest absolute Gasteiger partial charge is 0.508 e. The van der Waals surface area contributed by atoms with Crippen LogP contribution in [0, 0.1) is 6.92 Å². The summed E-state index contributed by atoms with van der Waals surface area (Å²) in [4.78, 5) is 11.7. The number of phenolic OH excluding ortho intramolecular Hbond substituents is 1. The predicted molar refractivity (Wildman–Crippen MR) is 62.9 cm³/mol. The van der Waals surface area contributed by atoms with Crippen LogP contribution in [0.3, 0.4) is 0 Å².